The van der Waals surface area contributed by atoms with Gasteiger partial charge >= 0.3 is 0 Å². The highest BCUT2D eigenvalue weighted by atomic mass is 16.1. The molecule has 3 aliphatic carbocycles. The standard InChI is InChI=1S/C30H30O/c1-2-21-13-9-10-18-24(21)27(22-14-5-3-6-15-22)29-28(23-16-7-4-8-17-23)25-19-11-12-20-26(25)30(29)31/h1,3-8,14-17,27-29H,9-13,18-20H2. The summed E-state index contributed by atoms with van der Waals surface area (Å²) in [6, 6.07) is 21.4. The molecule has 0 saturated carbocycles. The van der Waals surface area contributed by atoms with Crippen LogP contribution in [0.25, 0.3) is 0 Å². The van der Waals surface area contributed by atoms with Crippen LogP contribution in [0.3, 0.4) is 0 Å². The van der Waals surface area contributed by atoms with E-state index in [4.69, 9.17) is 6.42 Å². The van der Waals surface area contributed by atoms with Crippen molar-refractivity contribution in [2.24, 2.45) is 5.92 Å². The number of carbonyl (C=O) groups is 1. The van der Waals surface area contributed by atoms with Gasteiger partial charge in [-0.1, -0.05) is 77.7 Å². The lowest BCUT2D eigenvalue weighted by Gasteiger charge is -2.34. The van der Waals surface area contributed by atoms with Crippen molar-refractivity contribution in [3.63, 3.8) is 0 Å². The molecule has 2 aromatic rings. The molecule has 1 nitrogen and oxygen atoms in total. The van der Waals surface area contributed by atoms with Gasteiger partial charge in [0.1, 0.15) is 0 Å². The van der Waals surface area contributed by atoms with Crippen molar-refractivity contribution in [1.82, 2.24) is 0 Å². The zero-order valence-corrected chi connectivity index (χ0v) is 18.1. The number of Topliss-reactive ketones (excluding diaryl/α,β-unsaturated/α-hetero) is 1. The summed E-state index contributed by atoms with van der Waals surface area (Å²) in [6.45, 7) is 0. The summed E-state index contributed by atoms with van der Waals surface area (Å²) in [4.78, 5) is 14.0. The second-order valence-electron chi connectivity index (χ2n) is 9.23. The fourth-order valence-corrected chi connectivity index (χ4v) is 6.26. The molecule has 0 N–H and O–H groups in total. The van der Waals surface area contributed by atoms with Gasteiger partial charge in [0.05, 0.1) is 0 Å². The third-order valence-corrected chi connectivity index (χ3v) is 7.58. The zero-order valence-electron chi connectivity index (χ0n) is 18.1. The Hall–Kier alpha value is -2.85. The number of allylic oxidation sites excluding steroid dienone is 4. The van der Waals surface area contributed by atoms with Gasteiger partial charge in [0.25, 0.3) is 0 Å². The van der Waals surface area contributed by atoms with Crippen LogP contribution in [0, 0.1) is 18.3 Å². The molecule has 1 heteroatoms. The number of benzene rings is 2. The van der Waals surface area contributed by atoms with Crippen LogP contribution in [0.2, 0.25) is 0 Å². The largest absolute Gasteiger partial charge is 0.294 e. The Kier molecular flexibility index (Phi) is 5.65. The highest BCUT2D eigenvalue weighted by Gasteiger charge is 2.48. The van der Waals surface area contributed by atoms with Crippen LogP contribution in [-0.2, 0) is 4.79 Å². The van der Waals surface area contributed by atoms with Gasteiger partial charge in [-0.15, -0.1) is 6.42 Å². The van der Waals surface area contributed by atoms with E-state index in [1.54, 1.807) is 0 Å². The fraction of sp³-hybridized carbons (Fsp3) is 0.367. The molecular formula is C30H30O. The molecule has 0 amide bonds. The molecule has 0 fully saturated rings. The average Bonchev–Trinajstić information content (AvgIpc) is 3.13. The van der Waals surface area contributed by atoms with Crippen LogP contribution >= 0.6 is 0 Å². The maximum Gasteiger partial charge on any atom is 0.163 e. The quantitative estimate of drug-likeness (QED) is 0.494. The first-order valence-electron chi connectivity index (χ1n) is 11.8. The van der Waals surface area contributed by atoms with Crippen molar-refractivity contribution < 1.29 is 4.79 Å². The molecule has 3 unspecified atom stereocenters. The maximum absolute atomic E-state index is 14.0. The molecule has 31 heavy (non-hydrogen) atoms. The summed E-state index contributed by atoms with van der Waals surface area (Å²) in [5.74, 6) is 3.55. The van der Waals surface area contributed by atoms with Crippen LogP contribution in [0.5, 0.6) is 0 Å². The Labute approximate surface area is 186 Å². The summed E-state index contributed by atoms with van der Waals surface area (Å²) in [7, 11) is 0. The van der Waals surface area contributed by atoms with Gasteiger partial charge in [0.2, 0.25) is 0 Å². The van der Waals surface area contributed by atoms with Crippen LogP contribution in [0.15, 0.2) is 83.0 Å². The lowest BCUT2D eigenvalue weighted by atomic mass is 9.68. The number of hydrogen-bond donors (Lipinski definition) is 0. The Morgan fingerprint density at radius 2 is 1.45 bits per heavy atom. The van der Waals surface area contributed by atoms with E-state index in [1.807, 2.05) is 0 Å². The number of ketones is 1. The molecule has 3 aliphatic rings. The van der Waals surface area contributed by atoms with Gasteiger partial charge in [-0.3, -0.25) is 4.79 Å². The zero-order chi connectivity index (χ0) is 21.2. The third kappa shape index (κ3) is 3.59. The summed E-state index contributed by atoms with van der Waals surface area (Å²) in [6.07, 6.45) is 14.6. The molecule has 2 aromatic carbocycles. The summed E-state index contributed by atoms with van der Waals surface area (Å²) in [5, 5.41) is 0. The molecule has 0 saturated heterocycles. The van der Waals surface area contributed by atoms with Crippen molar-refractivity contribution in [3.05, 3.63) is 94.1 Å². The van der Waals surface area contributed by atoms with Crippen LogP contribution in [0.4, 0.5) is 0 Å². The van der Waals surface area contributed by atoms with E-state index >= 15 is 0 Å². The number of hydrogen-bond acceptors (Lipinski definition) is 1. The second-order valence-corrected chi connectivity index (χ2v) is 9.23. The Morgan fingerprint density at radius 1 is 0.806 bits per heavy atom. The monoisotopic (exact) mass is 406 g/mol. The Bertz CT molecular complexity index is 1060. The third-order valence-electron chi connectivity index (χ3n) is 7.58. The molecule has 0 aromatic heterocycles. The van der Waals surface area contributed by atoms with Gasteiger partial charge in [-0.25, -0.2) is 0 Å². The van der Waals surface area contributed by atoms with Crippen molar-refractivity contribution in [2.45, 2.75) is 63.2 Å². The van der Waals surface area contributed by atoms with E-state index < -0.39 is 0 Å². The minimum Gasteiger partial charge on any atom is -0.294 e. The van der Waals surface area contributed by atoms with Crippen molar-refractivity contribution in [3.8, 4) is 12.3 Å². The van der Waals surface area contributed by atoms with E-state index in [9.17, 15) is 4.79 Å². The van der Waals surface area contributed by atoms with E-state index in [-0.39, 0.29) is 17.8 Å². The highest BCUT2D eigenvalue weighted by Crippen LogP contribution is 2.55. The van der Waals surface area contributed by atoms with Crippen LogP contribution < -0.4 is 0 Å². The molecule has 0 bridgehead atoms. The van der Waals surface area contributed by atoms with Gasteiger partial charge in [-0.2, -0.15) is 0 Å². The summed E-state index contributed by atoms with van der Waals surface area (Å²) >= 11 is 0. The summed E-state index contributed by atoms with van der Waals surface area (Å²) in [5.41, 5.74) is 7.55. The predicted octanol–water partition coefficient (Wildman–Crippen LogP) is 7.13. The van der Waals surface area contributed by atoms with Crippen LogP contribution in [0.1, 0.15) is 74.3 Å². The smallest absolute Gasteiger partial charge is 0.163 e. The van der Waals surface area contributed by atoms with E-state index in [2.05, 4.69) is 66.6 Å². The van der Waals surface area contributed by atoms with E-state index in [0.29, 0.717) is 5.78 Å². The highest BCUT2D eigenvalue weighted by molar-refractivity contribution is 6.03. The lowest BCUT2D eigenvalue weighted by Crippen LogP contribution is -2.27. The van der Waals surface area contributed by atoms with Crippen molar-refractivity contribution in [1.29, 1.82) is 0 Å². The molecule has 3 atom stereocenters. The van der Waals surface area contributed by atoms with Crippen molar-refractivity contribution >= 4 is 5.78 Å². The SMILES string of the molecule is C#CC1=C(C(c2ccccc2)C2C(=O)C3=C(CCCC3)C2c2ccccc2)CCCC1. The minimum absolute atomic E-state index is 0.0656. The first-order chi connectivity index (χ1) is 15.3. The first-order valence-corrected chi connectivity index (χ1v) is 11.8. The van der Waals surface area contributed by atoms with Gasteiger partial charge in [0.15, 0.2) is 5.78 Å². The van der Waals surface area contributed by atoms with Crippen molar-refractivity contribution in [2.75, 3.05) is 0 Å². The lowest BCUT2D eigenvalue weighted by molar-refractivity contribution is -0.119. The average molecular weight is 407 g/mol. The molecule has 156 valence electrons. The predicted molar refractivity (Wildman–Crippen MR) is 127 cm³/mol. The number of rotatable bonds is 4. The van der Waals surface area contributed by atoms with Crippen LogP contribution in [-0.4, -0.2) is 5.78 Å². The van der Waals surface area contributed by atoms with Gasteiger partial charge < -0.3 is 0 Å². The Balaban J connectivity index is 1.70. The topological polar surface area (TPSA) is 17.1 Å². The van der Waals surface area contributed by atoms with E-state index in [1.165, 1.54) is 28.7 Å². The van der Waals surface area contributed by atoms with Gasteiger partial charge in [-0.05, 0) is 68.1 Å². The molecule has 5 rings (SSSR count). The normalized spacial score (nSPS) is 24.7. The number of carbonyl (C=O) groups excluding carboxylic acids is 1. The maximum atomic E-state index is 14.0. The molecule has 0 radical (unpaired) electrons. The fourth-order valence-electron chi connectivity index (χ4n) is 6.26. The Morgan fingerprint density at radius 3 is 2.19 bits per heavy atom. The molecular weight excluding hydrogens is 376 g/mol. The summed E-state index contributed by atoms with van der Waals surface area (Å²) < 4.78 is 0. The van der Waals surface area contributed by atoms with Gasteiger partial charge in [0, 0.05) is 23.3 Å². The molecule has 0 spiro atoms. The second kappa shape index (κ2) is 8.72. The first kappa shape index (κ1) is 20.1. The minimum atomic E-state index is -0.0793. The molecule has 0 heterocycles. The van der Waals surface area contributed by atoms with E-state index in [0.717, 1.165) is 56.1 Å². The molecule has 0 aliphatic heterocycles. The number of terminal acetylenes is 1.